The minimum Gasteiger partial charge on any atom is -0.314 e. The first-order chi connectivity index (χ1) is 4.63. The molecule has 0 fully saturated rings. The Morgan fingerprint density at radius 2 is 2.20 bits per heavy atom. The third-order valence-corrected chi connectivity index (χ3v) is 1.28. The van der Waals surface area contributed by atoms with Crippen molar-refractivity contribution in [1.29, 1.82) is 0 Å². The van der Waals surface area contributed by atoms with E-state index in [9.17, 15) is 4.79 Å². The average molecular weight is 139 g/mol. The number of rotatable bonds is 3. The van der Waals surface area contributed by atoms with Gasteiger partial charge in [0.05, 0.1) is 0 Å². The van der Waals surface area contributed by atoms with Crippen molar-refractivity contribution in [2.24, 2.45) is 0 Å². The number of hydrogen-bond acceptors (Lipinski definition) is 1. The van der Waals surface area contributed by atoms with Gasteiger partial charge in [-0.2, -0.15) is 0 Å². The summed E-state index contributed by atoms with van der Waals surface area (Å²) < 4.78 is 0. The van der Waals surface area contributed by atoms with Gasteiger partial charge in [-0.05, 0) is 13.0 Å². The maximum Gasteiger partial charge on any atom is 0.223 e. The molecule has 0 saturated carbocycles. The summed E-state index contributed by atoms with van der Waals surface area (Å²) >= 11 is 0. The lowest BCUT2D eigenvalue weighted by atomic mass is 10.4. The van der Waals surface area contributed by atoms with Crippen LogP contribution in [0.25, 0.3) is 0 Å². The number of carbonyl (C=O) groups excluding carboxylic acids is 1. The molecule has 0 atom stereocenters. The Morgan fingerprint density at radius 3 is 2.30 bits per heavy atom. The molecule has 10 heavy (non-hydrogen) atoms. The third kappa shape index (κ3) is 2.05. The smallest absolute Gasteiger partial charge is 0.223 e. The zero-order chi connectivity index (χ0) is 8.15. The van der Waals surface area contributed by atoms with Gasteiger partial charge in [-0.1, -0.05) is 13.2 Å². The van der Waals surface area contributed by atoms with Crippen LogP contribution in [0, 0.1) is 0 Å². The SMILES string of the molecule is C=CC(=C)N(CC)C(C)=O. The standard InChI is InChI=1S/C8H13NO/c1-5-7(3)9(6-2)8(4)10/h5H,1,3,6H2,2,4H3. The Kier molecular flexibility index (Phi) is 3.47. The number of allylic oxidation sites excluding steroid dienone is 1. The molecule has 0 aromatic heterocycles. The molecule has 0 aromatic rings. The number of amides is 1. The van der Waals surface area contributed by atoms with E-state index in [0.717, 1.165) is 0 Å². The van der Waals surface area contributed by atoms with Crippen LogP contribution < -0.4 is 0 Å². The molecule has 0 aromatic carbocycles. The number of nitrogens with zero attached hydrogens (tertiary/aromatic N) is 1. The van der Waals surface area contributed by atoms with Gasteiger partial charge in [-0.3, -0.25) is 4.79 Å². The van der Waals surface area contributed by atoms with Crippen LogP contribution in [-0.4, -0.2) is 17.4 Å². The first kappa shape index (κ1) is 8.95. The van der Waals surface area contributed by atoms with E-state index in [2.05, 4.69) is 13.2 Å². The van der Waals surface area contributed by atoms with Gasteiger partial charge in [-0.15, -0.1) is 0 Å². The Hall–Kier alpha value is -1.05. The molecule has 0 radical (unpaired) electrons. The number of hydrogen-bond donors (Lipinski definition) is 0. The van der Waals surface area contributed by atoms with Crippen LogP contribution in [-0.2, 0) is 4.79 Å². The fourth-order valence-electron chi connectivity index (χ4n) is 0.738. The predicted octanol–water partition coefficient (Wildman–Crippen LogP) is 1.55. The molecule has 0 spiro atoms. The highest BCUT2D eigenvalue weighted by Crippen LogP contribution is 2.01. The molecule has 2 nitrogen and oxygen atoms in total. The maximum absolute atomic E-state index is 10.8. The first-order valence-electron chi connectivity index (χ1n) is 3.23. The molecule has 0 aliphatic rings. The summed E-state index contributed by atoms with van der Waals surface area (Å²) in [5, 5.41) is 0. The second kappa shape index (κ2) is 3.88. The van der Waals surface area contributed by atoms with E-state index in [0.29, 0.717) is 12.2 Å². The Bertz CT molecular complexity index is 161. The van der Waals surface area contributed by atoms with Crippen LogP contribution in [0.3, 0.4) is 0 Å². The maximum atomic E-state index is 10.8. The van der Waals surface area contributed by atoms with Gasteiger partial charge in [0.15, 0.2) is 0 Å². The Morgan fingerprint density at radius 1 is 1.70 bits per heavy atom. The van der Waals surface area contributed by atoms with Gasteiger partial charge in [0.25, 0.3) is 0 Å². The van der Waals surface area contributed by atoms with Crippen molar-refractivity contribution in [3.05, 3.63) is 24.9 Å². The lowest BCUT2D eigenvalue weighted by Gasteiger charge is -2.18. The van der Waals surface area contributed by atoms with Gasteiger partial charge < -0.3 is 4.90 Å². The van der Waals surface area contributed by atoms with Crippen LogP contribution in [0.15, 0.2) is 24.9 Å². The van der Waals surface area contributed by atoms with E-state index in [4.69, 9.17) is 0 Å². The number of likely N-dealkylation sites (N-methyl/N-ethyl adjacent to an activating group) is 1. The molecule has 0 aliphatic heterocycles. The minimum atomic E-state index is 0.00685. The lowest BCUT2D eigenvalue weighted by Crippen LogP contribution is -2.26. The summed E-state index contributed by atoms with van der Waals surface area (Å²) in [5.74, 6) is 0.00685. The molecular formula is C8H13NO. The molecule has 0 unspecified atom stereocenters. The third-order valence-electron chi connectivity index (χ3n) is 1.28. The summed E-state index contributed by atoms with van der Waals surface area (Å²) in [6, 6.07) is 0. The molecule has 2 heteroatoms. The monoisotopic (exact) mass is 139 g/mol. The Balaban J connectivity index is 4.20. The van der Waals surface area contributed by atoms with Crippen molar-refractivity contribution < 1.29 is 4.79 Å². The highest BCUT2D eigenvalue weighted by atomic mass is 16.2. The predicted molar refractivity (Wildman–Crippen MR) is 42.4 cm³/mol. The molecule has 0 heterocycles. The van der Waals surface area contributed by atoms with Crippen LogP contribution in [0.5, 0.6) is 0 Å². The van der Waals surface area contributed by atoms with Crippen LogP contribution in [0.2, 0.25) is 0 Å². The van der Waals surface area contributed by atoms with Gasteiger partial charge in [0.2, 0.25) is 5.91 Å². The minimum absolute atomic E-state index is 0.00685. The molecule has 0 aliphatic carbocycles. The van der Waals surface area contributed by atoms with Gasteiger partial charge >= 0.3 is 0 Å². The van der Waals surface area contributed by atoms with E-state index >= 15 is 0 Å². The summed E-state index contributed by atoms with van der Waals surface area (Å²) in [6.07, 6.45) is 1.57. The molecule has 56 valence electrons. The second-order valence-electron chi connectivity index (χ2n) is 1.96. The average Bonchev–Trinajstić information content (AvgIpc) is 1.88. The highest BCUT2D eigenvalue weighted by Gasteiger charge is 2.05. The summed E-state index contributed by atoms with van der Waals surface area (Å²) in [5.41, 5.74) is 0.662. The van der Waals surface area contributed by atoms with E-state index in [1.54, 1.807) is 11.0 Å². The van der Waals surface area contributed by atoms with Crippen molar-refractivity contribution in [2.75, 3.05) is 6.54 Å². The fraction of sp³-hybridized carbons (Fsp3) is 0.375. The Labute approximate surface area is 61.8 Å². The van der Waals surface area contributed by atoms with Gasteiger partial charge in [-0.25, -0.2) is 0 Å². The van der Waals surface area contributed by atoms with Crippen molar-refractivity contribution in [2.45, 2.75) is 13.8 Å². The molecule has 0 bridgehead atoms. The van der Waals surface area contributed by atoms with Crippen LogP contribution in [0.4, 0.5) is 0 Å². The van der Waals surface area contributed by atoms with Crippen molar-refractivity contribution in [1.82, 2.24) is 4.90 Å². The second-order valence-corrected chi connectivity index (χ2v) is 1.96. The van der Waals surface area contributed by atoms with E-state index in [1.807, 2.05) is 6.92 Å². The van der Waals surface area contributed by atoms with E-state index in [1.165, 1.54) is 6.92 Å². The van der Waals surface area contributed by atoms with Crippen molar-refractivity contribution in [3.63, 3.8) is 0 Å². The van der Waals surface area contributed by atoms with E-state index in [-0.39, 0.29) is 5.91 Å². The lowest BCUT2D eigenvalue weighted by molar-refractivity contribution is -0.126. The molecular weight excluding hydrogens is 126 g/mol. The van der Waals surface area contributed by atoms with Gasteiger partial charge in [0, 0.05) is 19.2 Å². The topological polar surface area (TPSA) is 20.3 Å². The first-order valence-corrected chi connectivity index (χ1v) is 3.23. The zero-order valence-corrected chi connectivity index (χ0v) is 6.55. The summed E-state index contributed by atoms with van der Waals surface area (Å²) in [7, 11) is 0. The molecule has 0 saturated heterocycles. The zero-order valence-electron chi connectivity index (χ0n) is 6.55. The fourth-order valence-corrected chi connectivity index (χ4v) is 0.738. The quantitative estimate of drug-likeness (QED) is 0.543. The largest absolute Gasteiger partial charge is 0.314 e. The van der Waals surface area contributed by atoms with E-state index < -0.39 is 0 Å². The summed E-state index contributed by atoms with van der Waals surface area (Å²) in [6.45, 7) is 11.2. The highest BCUT2D eigenvalue weighted by molar-refractivity contribution is 5.75. The van der Waals surface area contributed by atoms with Crippen LogP contribution in [0.1, 0.15) is 13.8 Å². The van der Waals surface area contributed by atoms with Gasteiger partial charge in [0.1, 0.15) is 0 Å². The normalized spacial score (nSPS) is 8.60. The molecule has 1 amide bonds. The van der Waals surface area contributed by atoms with Crippen LogP contribution >= 0.6 is 0 Å². The number of carbonyl (C=O) groups is 1. The summed E-state index contributed by atoms with van der Waals surface area (Å²) in [4.78, 5) is 12.4. The molecule has 0 N–H and O–H groups in total. The van der Waals surface area contributed by atoms with Crippen molar-refractivity contribution in [3.8, 4) is 0 Å². The van der Waals surface area contributed by atoms with Crippen molar-refractivity contribution >= 4 is 5.91 Å². The molecule has 0 rings (SSSR count).